The third-order valence-corrected chi connectivity index (χ3v) is 5.96. The molecule has 2 aromatic carbocycles. The second-order valence-electron chi connectivity index (χ2n) is 7.61. The Labute approximate surface area is 187 Å². The Hall–Kier alpha value is -2.93. The van der Waals surface area contributed by atoms with Crippen molar-refractivity contribution in [2.24, 2.45) is 11.8 Å². The molecule has 0 bridgehead atoms. The highest BCUT2D eigenvalue weighted by Gasteiger charge is 2.30. The van der Waals surface area contributed by atoms with Gasteiger partial charge in [0.15, 0.2) is 0 Å². The summed E-state index contributed by atoms with van der Waals surface area (Å²) in [7, 11) is 3.13. The van der Waals surface area contributed by atoms with E-state index in [2.05, 4.69) is 10.6 Å². The zero-order chi connectivity index (χ0) is 22.4. The Morgan fingerprint density at radius 2 is 1.71 bits per heavy atom. The first-order valence-corrected chi connectivity index (χ1v) is 10.6. The number of urea groups is 1. The minimum Gasteiger partial charge on any atom is -0.497 e. The molecule has 3 rings (SSSR count). The maximum absolute atomic E-state index is 12.8. The van der Waals surface area contributed by atoms with E-state index in [1.165, 1.54) is 0 Å². The number of methoxy groups -OCH3 is 2. The lowest BCUT2D eigenvalue weighted by molar-refractivity contribution is -0.121. The van der Waals surface area contributed by atoms with Gasteiger partial charge in [0.2, 0.25) is 5.91 Å². The number of carbonyl (C=O) groups is 2. The summed E-state index contributed by atoms with van der Waals surface area (Å²) in [5, 5.41) is 6.47. The molecule has 1 aliphatic rings. The monoisotopic (exact) mass is 445 g/mol. The highest BCUT2D eigenvalue weighted by molar-refractivity contribution is 6.30. The smallest absolute Gasteiger partial charge is 0.321 e. The van der Waals surface area contributed by atoms with Crippen molar-refractivity contribution in [1.29, 1.82) is 0 Å². The largest absolute Gasteiger partial charge is 0.497 e. The van der Waals surface area contributed by atoms with Gasteiger partial charge in [0.05, 0.1) is 19.9 Å². The zero-order valence-corrected chi connectivity index (χ0v) is 18.7. The van der Waals surface area contributed by atoms with Crippen molar-refractivity contribution in [3.63, 3.8) is 0 Å². The van der Waals surface area contributed by atoms with Gasteiger partial charge in [0, 0.05) is 35.8 Å². The molecular weight excluding hydrogens is 418 g/mol. The van der Waals surface area contributed by atoms with Crippen LogP contribution in [0.1, 0.15) is 19.8 Å². The summed E-state index contributed by atoms with van der Waals surface area (Å²) in [5.74, 6) is 1.16. The van der Waals surface area contributed by atoms with Crippen LogP contribution in [0.25, 0.3) is 0 Å². The van der Waals surface area contributed by atoms with Crippen LogP contribution in [-0.4, -0.2) is 44.1 Å². The molecule has 1 atom stereocenters. The van der Waals surface area contributed by atoms with Gasteiger partial charge in [-0.05, 0) is 55.2 Å². The van der Waals surface area contributed by atoms with Crippen LogP contribution in [0.2, 0.25) is 5.02 Å². The molecule has 8 heteroatoms. The summed E-state index contributed by atoms with van der Waals surface area (Å²) in [6.07, 6.45) is 1.53. The van der Waals surface area contributed by atoms with E-state index in [-0.39, 0.29) is 23.8 Å². The quantitative estimate of drug-likeness (QED) is 0.664. The Bertz CT molecular complexity index is 912. The number of ether oxygens (including phenoxy) is 2. The van der Waals surface area contributed by atoms with Crippen LogP contribution in [0.5, 0.6) is 11.5 Å². The van der Waals surface area contributed by atoms with Crippen molar-refractivity contribution in [1.82, 2.24) is 4.90 Å². The Morgan fingerprint density at radius 3 is 2.32 bits per heavy atom. The maximum atomic E-state index is 12.8. The van der Waals surface area contributed by atoms with Crippen LogP contribution in [-0.2, 0) is 4.79 Å². The normalized spacial score (nSPS) is 15.2. The van der Waals surface area contributed by atoms with Gasteiger partial charge >= 0.3 is 6.03 Å². The predicted molar refractivity (Wildman–Crippen MR) is 122 cm³/mol. The zero-order valence-electron chi connectivity index (χ0n) is 18.0. The van der Waals surface area contributed by atoms with Gasteiger partial charge in [-0.2, -0.15) is 0 Å². The number of hydrogen-bond acceptors (Lipinski definition) is 4. The molecule has 2 aromatic rings. The van der Waals surface area contributed by atoms with Crippen molar-refractivity contribution in [2.75, 3.05) is 37.9 Å². The van der Waals surface area contributed by atoms with Gasteiger partial charge in [-0.3, -0.25) is 4.79 Å². The first kappa shape index (κ1) is 22.7. The number of benzene rings is 2. The molecule has 1 saturated heterocycles. The van der Waals surface area contributed by atoms with Crippen LogP contribution in [0, 0.1) is 11.8 Å². The summed E-state index contributed by atoms with van der Waals surface area (Å²) < 4.78 is 10.6. The fraction of sp³-hybridized carbons (Fsp3) is 0.391. The van der Waals surface area contributed by atoms with E-state index in [1.807, 2.05) is 6.92 Å². The Balaban J connectivity index is 1.52. The third kappa shape index (κ3) is 5.82. The van der Waals surface area contributed by atoms with E-state index < -0.39 is 0 Å². The topological polar surface area (TPSA) is 79.9 Å². The maximum Gasteiger partial charge on any atom is 0.321 e. The number of likely N-dealkylation sites (tertiary alicyclic amines) is 1. The molecule has 1 fully saturated rings. The summed E-state index contributed by atoms with van der Waals surface area (Å²) in [4.78, 5) is 27.1. The van der Waals surface area contributed by atoms with E-state index >= 15 is 0 Å². The van der Waals surface area contributed by atoms with Gasteiger partial charge in [-0.15, -0.1) is 0 Å². The number of hydrogen-bond donors (Lipinski definition) is 2. The number of nitrogens with one attached hydrogen (secondary N) is 2. The van der Waals surface area contributed by atoms with Gasteiger partial charge in [0.25, 0.3) is 0 Å². The molecule has 0 aliphatic carbocycles. The molecule has 1 heterocycles. The SMILES string of the molecule is COc1ccc(NC(=O)[C@@H](C)C2CCN(C(=O)Nc3ccc(Cl)cc3)CC2)c(OC)c1. The van der Waals surface area contributed by atoms with E-state index in [9.17, 15) is 9.59 Å². The van der Waals surface area contributed by atoms with E-state index in [0.717, 1.165) is 12.8 Å². The van der Waals surface area contributed by atoms with E-state index in [0.29, 0.717) is 41.0 Å². The van der Waals surface area contributed by atoms with Crippen molar-refractivity contribution in [2.45, 2.75) is 19.8 Å². The highest BCUT2D eigenvalue weighted by Crippen LogP contribution is 2.31. The first-order chi connectivity index (χ1) is 14.9. The molecular formula is C23H28ClN3O4. The average molecular weight is 446 g/mol. The summed E-state index contributed by atoms with van der Waals surface area (Å²) in [6.45, 7) is 3.14. The average Bonchev–Trinajstić information content (AvgIpc) is 2.80. The molecule has 0 spiro atoms. The summed E-state index contributed by atoms with van der Waals surface area (Å²) in [6, 6.07) is 12.2. The highest BCUT2D eigenvalue weighted by atomic mass is 35.5. The molecule has 3 amide bonds. The molecule has 0 saturated carbocycles. The first-order valence-electron chi connectivity index (χ1n) is 10.3. The summed E-state index contributed by atoms with van der Waals surface area (Å²) >= 11 is 5.88. The number of halogens is 1. The van der Waals surface area contributed by atoms with E-state index in [1.54, 1.807) is 61.6 Å². The number of carbonyl (C=O) groups excluding carboxylic acids is 2. The lowest BCUT2D eigenvalue weighted by Crippen LogP contribution is -2.43. The fourth-order valence-corrected chi connectivity index (χ4v) is 3.83. The van der Waals surface area contributed by atoms with Crippen molar-refractivity contribution >= 4 is 34.9 Å². The molecule has 166 valence electrons. The number of anilines is 2. The molecule has 0 aromatic heterocycles. The summed E-state index contributed by atoms with van der Waals surface area (Å²) in [5.41, 5.74) is 1.32. The molecule has 2 N–H and O–H groups in total. The molecule has 7 nitrogen and oxygen atoms in total. The number of nitrogens with zero attached hydrogens (tertiary/aromatic N) is 1. The van der Waals surface area contributed by atoms with Gasteiger partial charge in [-0.1, -0.05) is 18.5 Å². The minimum atomic E-state index is -0.187. The Kier molecular flexibility index (Phi) is 7.63. The van der Waals surface area contributed by atoms with Crippen molar-refractivity contribution < 1.29 is 19.1 Å². The second-order valence-corrected chi connectivity index (χ2v) is 8.04. The lowest BCUT2D eigenvalue weighted by atomic mass is 9.85. The Morgan fingerprint density at radius 1 is 1.03 bits per heavy atom. The molecule has 0 unspecified atom stereocenters. The predicted octanol–water partition coefficient (Wildman–Crippen LogP) is 4.88. The number of amides is 3. The number of rotatable bonds is 6. The van der Waals surface area contributed by atoms with Gasteiger partial charge in [0.1, 0.15) is 11.5 Å². The molecule has 0 radical (unpaired) electrons. The third-order valence-electron chi connectivity index (χ3n) is 5.71. The molecule has 1 aliphatic heterocycles. The van der Waals surface area contributed by atoms with Gasteiger partial charge in [-0.25, -0.2) is 4.79 Å². The van der Waals surface area contributed by atoms with Crippen LogP contribution in [0.4, 0.5) is 16.2 Å². The second kappa shape index (κ2) is 10.4. The minimum absolute atomic E-state index is 0.0625. The van der Waals surface area contributed by atoms with Crippen LogP contribution in [0.3, 0.4) is 0 Å². The van der Waals surface area contributed by atoms with Crippen LogP contribution in [0.15, 0.2) is 42.5 Å². The van der Waals surface area contributed by atoms with Gasteiger partial charge < -0.3 is 25.0 Å². The van der Waals surface area contributed by atoms with Crippen LogP contribution < -0.4 is 20.1 Å². The van der Waals surface area contributed by atoms with Crippen LogP contribution >= 0.6 is 11.6 Å². The van der Waals surface area contributed by atoms with Crippen molar-refractivity contribution in [3.05, 3.63) is 47.5 Å². The fourth-order valence-electron chi connectivity index (χ4n) is 3.70. The number of piperidine rings is 1. The van der Waals surface area contributed by atoms with Crippen molar-refractivity contribution in [3.8, 4) is 11.5 Å². The van der Waals surface area contributed by atoms with E-state index in [4.69, 9.17) is 21.1 Å². The standard InChI is InChI=1S/C23H28ClN3O4/c1-15(22(28)26-20-9-8-19(30-2)14-21(20)31-3)16-10-12-27(13-11-16)23(29)25-18-6-4-17(24)5-7-18/h4-9,14-16H,10-13H2,1-3H3,(H,25,29)(H,26,28)/t15-/m0/s1. The lowest BCUT2D eigenvalue weighted by Gasteiger charge is -2.34. The molecule has 31 heavy (non-hydrogen) atoms.